The summed E-state index contributed by atoms with van der Waals surface area (Å²) in [5.41, 5.74) is -6.11. The Morgan fingerprint density at radius 3 is 2.00 bits per heavy atom. The SMILES string of the molecule is CCC1CCC(=O)O[C@H]2[C@H](OC(C)=O)[C@H](OC(=O)c3ccccc3)[C@@]3(COC(C)=O)[C@H](OC(C)=O)[C@H](OC(C)=O)[C@@H]4[C@@H](OC(C)=O)[C@]3(O[C@@]4(C)COC(=O)c3cccnc31)[C@@H]2C. The van der Waals surface area contributed by atoms with Crippen LogP contribution in [0.3, 0.4) is 0 Å². The van der Waals surface area contributed by atoms with Crippen LogP contribution in [0.5, 0.6) is 0 Å². The van der Waals surface area contributed by atoms with Crippen LogP contribution in [-0.4, -0.2) is 114 Å². The minimum atomic E-state index is -2.38. The zero-order valence-electron chi connectivity index (χ0n) is 35.7. The number of benzene rings is 1. The van der Waals surface area contributed by atoms with Gasteiger partial charge in [-0.3, -0.25) is 33.8 Å². The fourth-order valence-electron chi connectivity index (χ4n) is 10.1. The van der Waals surface area contributed by atoms with E-state index < -0.39 is 132 Å². The van der Waals surface area contributed by atoms with E-state index in [2.05, 4.69) is 4.98 Å². The first-order valence-corrected chi connectivity index (χ1v) is 20.4. The Kier molecular flexibility index (Phi) is 13.1. The molecule has 2 saturated carbocycles. The number of cyclic esters (lactones) is 1. The minimum Gasteiger partial charge on any atom is -0.465 e. The summed E-state index contributed by atoms with van der Waals surface area (Å²) in [6.07, 6.45) is -8.76. The van der Waals surface area contributed by atoms with Crippen LogP contribution in [0.4, 0.5) is 0 Å². The van der Waals surface area contributed by atoms with Gasteiger partial charge >= 0.3 is 47.8 Å². The van der Waals surface area contributed by atoms with Gasteiger partial charge in [0.15, 0.2) is 18.3 Å². The molecule has 12 atom stereocenters. The van der Waals surface area contributed by atoms with Crippen molar-refractivity contribution in [1.82, 2.24) is 4.98 Å². The molecule has 3 fully saturated rings. The molecule has 18 nitrogen and oxygen atoms in total. The van der Waals surface area contributed by atoms with Gasteiger partial charge in [0.2, 0.25) is 0 Å². The molecule has 1 aromatic carbocycles. The van der Waals surface area contributed by atoms with Crippen molar-refractivity contribution in [1.29, 1.82) is 0 Å². The monoisotopic (exact) mass is 865 g/mol. The second-order valence-corrected chi connectivity index (χ2v) is 16.4. The molecule has 0 radical (unpaired) electrons. The Balaban J connectivity index is 1.75. The number of fused-ring (bicyclic) bond motifs is 5. The maximum atomic E-state index is 14.4. The molecule has 1 spiro atoms. The summed E-state index contributed by atoms with van der Waals surface area (Å²) in [6.45, 7) is 8.71. The number of carbonyl (C=O) groups is 8. The third-order valence-corrected chi connectivity index (χ3v) is 12.4. The van der Waals surface area contributed by atoms with Crippen molar-refractivity contribution in [3.63, 3.8) is 0 Å². The number of aromatic nitrogens is 1. The van der Waals surface area contributed by atoms with Crippen molar-refractivity contribution in [2.45, 2.75) is 128 Å². The topological polar surface area (TPSA) is 233 Å². The molecule has 0 amide bonds. The van der Waals surface area contributed by atoms with Crippen LogP contribution < -0.4 is 0 Å². The van der Waals surface area contributed by atoms with Crippen LogP contribution in [0, 0.1) is 17.3 Å². The third-order valence-electron chi connectivity index (χ3n) is 12.4. The summed E-state index contributed by atoms with van der Waals surface area (Å²) >= 11 is 0. The number of nitrogens with zero attached hydrogens (tertiary/aromatic N) is 1. The van der Waals surface area contributed by atoms with Gasteiger partial charge < -0.3 is 42.6 Å². The predicted octanol–water partition coefficient (Wildman–Crippen LogP) is 3.75. The number of hydrogen-bond donors (Lipinski definition) is 0. The van der Waals surface area contributed by atoms with Gasteiger partial charge in [-0.25, -0.2) is 9.59 Å². The molecule has 1 aromatic heterocycles. The van der Waals surface area contributed by atoms with E-state index in [4.69, 9.17) is 42.6 Å². The van der Waals surface area contributed by atoms with Gasteiger partial charge in [0, 0.05) is 59.1 Å². The number of ether oxygens (including phenoxy) is 9. The van der Waals surface area contributed by atoms with Gasteiger partial charge in [-0.1, -0.05) is 32.0 Å². The fraction of sp³-hybridized carbons (Fsp3) is 0.568. The number of hydrogen-bond acceptors (Lipinski definition) is 18. The molecule has 6 rings (SSSR count). The summed E-state index contributed by atoms with van der Waals surface area (Å²) in [4.78, 5) is 114. The predicted molar refractivity (Wildman–Crippen MR) is 208 cm³/mol. The lowest BCUT2D eigenvalue weighted by Crippen LogP contribution is -2.84. The van der Waals surface area contributed by atoms with Gasteiger partial charge in [0.25, 0.3) is 0 Å². The van der Waals surface area contributed by atoms with E-state index in [0.29, 0.717) is 12.1 Å². The Hall–Kier alpha value is -5.91. The average molecular weight is 866 g/mol. The van der Waals surface area contributed by atoms with E-state index >= 15 is 0 Å². The van der Waals surface area contributed by atoms with Crippen LogP contribution in [0.15, 0.2) is 48.7 Å². The quantitative estimate of drug-likeness (QED) is 0.258. The lowest BCUT2D eigenvalue weighted by Gasteiger charge is -2.65. The Bertz CT molecular complexity index is 2110. The maximum Gasteiger partial charge on any atom is 0.340 e. The molecule has 0 N–H and O–H groups in total. The number of carbonyl (C=O) groups excluding carboxylic acids is 8. The van der Waals surface area contributed by atoms with Crippen LogP contribution in [-0.2, 0) is 71.4 Å². The van der Waals surface area contributed by atoms with Crippen molar-refractivity contribution >= 4 is 47.8 Å². The van der Waals surface area contributed by atoms with Gasteiger partial charge in [-0.15, -0.1) is 0 Å². The number of pyridine rings is 1. The van der Waals surface area contributed by atoms with E-state index in [1.54, 1.807) is 24.3 Å². The summed E-state index contributed by atoms with van der Waals surface area (Å²) < 4.78 is 56.3. The number of esters is 8. The third kappa shape index (κ3) is 8.11. The summed E-state index contributed by atoms with van der Waals surface area (Å²) in [5, 5.41) is 0. The molecule has 3 heterocycles. The number of rotatable bonds is 9. The van der Waals surface area contributed by atoms with Gasteiger partial charge in [-0.05, 0) is 44.0 Å². The van der Waals surface area contributed by atoms with E-state index in [0.717, 1.165) is 34.6 Å². The van der Waals surface area contributed by atoms with E-state index in [1.165, 1.54) is 38.2 Å². The highest BCUT2D eigenvalue weighted by Gasteiger charge is 2.88. The van der Waals surface area contributed by atoms with Crippen LogP contribution >= 0.6 is 0 Å². The molecule has 1 saturated heterocycles. The van der Waals surface area contributed by atoms with Crippen molar-refractivity contribution in [3.05, 3.63) is 65.5 Å². The fourth-order valence-corrected chi connectivity index (χ4v) is 10.1. The van der Waals surface area contributed by atoms with Crippen LogP contribution in [0.1, 0.15) is 107 Å². The molecule has 334 valence electrons. The lowest BCUT2D eigenvalue weighted by molar-refractivity contribution is -0.347. The van der Waals surface area contributed by atoms with E-state index in [-0.39, 0.29) is 24.0 Å². The maximum absolute atomic E-state index is 14.4. The second kappa shape index (κ2) is 17.8. The van der Waals surface area contributed by atoms with Crippen LogP contribution in [0.25, 0.3) is 0 Å². The van der Waals surface area contributed by atoms with Gasteiger partial charge in [0.05, 0.1) is 22.7 Å². The molecular weight excluding hydrogens is 814 g/mol. The molecule has 62 heavy (non-hydrogen) atoms. The molecule has 4 bridgehead atoms. The molecule has 1 unspecified atom stereocenters. The highest BCUT2D eigenvalue weighted by molar-refractivity contribution is 5.91. The highest BCUT2D eigenvalue weighted by Crippen LogP contribution is 2.69. The summed E-state index contributed by atoms with van der Waals surface area (Å²) in [6, 6.07) is 10.7. The van der Waals surface area contributed by atoms with E-state index in [1.807, 2.05) is 6.92 Å². The molecular formula is C44H51NO17. The second-order valence-electron chi connectivity index (χ2n) is 16.4. The van der Waals surface area contributed by atoms with Crippen molar-refractivity contribution in [2.24, 2.45) is 17.3 Å². The molecule has 2 aliphatic carbocycles. The molecule has 4 aliphatic rings. The first-order chi connectivity index (χ1) is 29.3. The Morgan fingerprint density at radius 1 is 0.774 bits per heavy atom. The van der Waals surface area contributed by atoms with Gasteiger partial charge in [-0.2, -0.15) is 0 Å². The van der Waals surface area contributed by atoms with E-state index in [9.17, 15) is 38.4 Å². The van der Waals surface area contributed by atoms with Crippen LogP contribution in [0.2, 0.25) is 0 Å². The van der Waals surface area contributed by atoms with Crippen molar-refractivity contribution < 1.29 is 81.0 Å². The van der Waals surface area contributed by atoms with Crippen molar-refractivity contribution in [3.8, 4) is 0 Å². The largest absolute Gasteiger partial charge is 0.465 e. The molecule has 2 aliphatic heterocycles. The normalized spacial score (nSPS) is 33.8. The lowest BCUT2D eigenvalue weighted by atomic mass is 9.46. The first kappa shape index (κ1) is 45.6. The zero-order valence-corrected chi connectivity index (χ0v) is 35.7. The summed E-state index contributed by atoms with van der Waals surface area (Å²) in [7, 11) is 0. The molecule has 2 aromatic rings. The average Bonchev–Trinajstić information content (AvgIpc) is 3.42. The molecule has 18 heteroatoms. The summed E-state index contributed by atoms with van der Waals surface area (Å²) in [5.74, 6) is -10.4. The Labute approximate surface area is 357 Å². The first-order valence-electron chi connectivity index (χ1n) is 20.4. The van der Waals surface area contributed by atoms with Gasteiger partial charge in [0.1, 0.15) is 48.1 Å². The minimum absolute atomic E-state index is 0.00927. The smallest absolute Gasteiger partial charge is 0.340 e. The highest BCUT2D eigenvalue weighted by atomic mass is 16.7. The van der Waals surface area contributed by atoms with Crippen molar-refractivity contribution in [2.75, 3.05) is 13.2 Å². The Morgan fingerprint density at radius 2 is 1.39 bits per heavy atom. The standard InChI is InChI=1S/C44H51NO17/c1-9-28-17-18-31(51)60-34-22(2)44-37(58-26(6)49)32(42(8,62-44)20-55-41(53)30-16-13-19-45-33(28)30)35(56-24(4)47)38(59-27(7)50)43(44,21-54-23(3)46)39(36(34)57-25(5)48)61-40(52)29-14-11-10-12-15-29/h10-16,19,22,28,32,34-39H,9,17-18,20-21H2,1-8H3/t22-,28?,32-,34-,35-,36+,37-,38-,39+,42+,43-,44-/m1/s1. The zero-order chi connectivity index (χ0) is 45.3.